The summed E-state index contributed by atoms with van der Waals surface area (Å²) in [7, 11) is 0. The van der Waals surface area contributed by atoms with Gasteiger partial charge in [0.1, 0.15) is 6.29 Å². The molecule has 0 aliphatic heterocycles. The van der Waals surface area contributed by atoms with Crippen LogP contribution in [0, 0.1) is 0 Å². The fraction of sp³-hybridized carbons (Fsp3) is 0.263. The van der Waals surface area contributed by atoms with E-state index in [0.717, 1.165) is 45.9 Å². The van der Waals surface area contributed by atoms with Crippen molar-refractivity contribution in [1.82, 2.24) is 0 Å². The summed E-state index contributed by atoms with van der Waals surface area (Å²) in [6, 6.07) is 10.7. The van der Waals surface area contributed by atoms with E-state index in [2.05, 4.69) is 0 Å². The van der Waals surface area contributed by atoms with Crippen LogP contribution in [0.5, 0.6) is 0 Å². The minimum absolute atomic E-state index is 0.0846. The van der Waals surface area contributed by atoms with E-state index in [1.165, 1.54) is 0 Å². The fourth-order valence-electron chi connectivity index (χ4n) is 2.00. The number of ketones is 1. The highest BCUT2D eigenvalue weighted by molar-refractivity contribution is 6.31. The maximum Gasteiger partial charge on any atom is 0.159 e. The molecule has 0 amide bonds. The zero-order valence-electron chi connectivity index (χ0n) is 13.5. The maximum atomic E-state index is 11.0. The van der Waals surface area contributed by atoms with Crippen molar-refractivity contribution >= 4 is 35.3 Å². The summed E-state index contributed by atoms with van der Waals surface area (Å²) in [5.74, 6) is 0.0846. The first-order valence-corrected chi connectivity index (χ1v) is 8.21. The number of Topliss-reactive ketones (excluding diaryl/α,β-unsaturated/α-hetero) is 1. The Hall–Kier alpha value is -1.64. The predicted molar refractivity (Wildman–Crippen MR) is 97.1 cm³/mol. The van der Waals surface area contributed by atoms with E-state index in [4.69, 9.17) is 23.2 Å². The molecule has 0 aliphatic carbocycles. The molecule has 0 heterocycles. The highest BCUT2D eigenvalue weighted by atomic mass is 35.5. The van der Waals surface area contributed by atoms with Crippen LogP contribution in [0.2, 0.25) is 10.0 Å². The standard InChI is InChI=1S/C10H11ClO.C9H9ClO/c1-3-8-6-9(7(2)12)4-5-10(8)11;1-2-8-5-7(6-11)3-4-9(8)10/h4-6H,3H2,1-2H3;3-6H,2H2,1H3. The summed E-state index contributed by atoms with van der Waals surface area (Å²) >= 11 is 11.7. The molecule has 0 radical (unpaired) electrons. The maximum absolute atomic E-state index is 11.0. The zero-order chi connectivity index (χ0) is 17.4. The topological polar surface area (TPSA) is 34.1 Å². The molecule has 0 saturated heterocycles. The Morgan fingerprint density at radius 3 is 1.96 bits per heavy atom. The third-order valence-corrected chi connectivity index (χ3v) is 4.16. The van der Waals surface area contributed by atoms with Gasteiger partial charge in [-0.25, -0.2) is 0 Å². The Morgan fingerprint density at radius 2 is 1.48 bits per heavy atom. The number of aryl methyl sites for hydroxylation is 2. The van der Waals surface area contributed by atoms with Crippen molar-refractivity contribution in [3.63, 3.8) is 0 Å². The first-order valence-electron chi connectivity index (χ1n) is 7.45. The van der Waals surface area contributed by atoms with Crippen molar-refractivity contribution in [1.29, 1.82) is 0 Å². The number of hydrogen-bond acceptors (Lipinski definition) is 2. The quantitative estimate of drug-likeness (QED) is 0.514. The number of benzene rings is 2. The molecule has 0 aliphatic rings. The van der Waals surface area contributed by atoms with Crippen LogP contribution in [0.4, 0.5) is 0 Å². The summed E-state index contributed by atoms with van der Waals surface area (Å²) in [5, 5.41) is 1.47. The molecule has 0 unspecified atom stereocenters. The lowest BCUT2D eigenvalue weighted by atomic mass is 10.1. The Balaban J connectivity index is 0.000000231. The van der Waals surface area contributed by atoms with Crippen molar-refractivity contribution in [3.05, 3.63) is 68.7 Å². The predicted octanol–water partition coefficient (Wildman–Crippen LogP) is 5.82. The summed E-state index contributed by atoms with van der Waals surface area (Å²) in [5.41, 5.74) is 3.48. The molecule has 0 saturated carbocycles. The minimum Gasteiger partial charge on any atom is -0.298 e. The van der Waals surface area contributed by atoms with E-state index in [9.17, 15) is 9.59 Å². The molecule has 2 nitrogen and oxygen atoms in total. The van der Waals surface area contributed by atoms with Gasteiger partial charge in [-0.3, -0.25) is 9.59 Å². The van der Waals surface area contributed by atoms with Crippen LogP contribution in [-0.2, 0) is 12.8 Å². The zero-order valence-corrected chi connectivity index (χ0v) is 15.0. The molecule has 23 heavy (non-hydrogen) atoms. The second-order valence-corrected chi connectivity index (χ2v) is 5.85. The van der Waals surface area contributed by atoms with Gasteiger partial charge >= 0.3 is 0 Å². The van der Waals surface area contributed by atoms with Gasteiger partial charge < -0.3 is 0 Å². The summed E-state index contributed by atoms with van der Waals surface area (Å²) in [6.45, 7) is 5.59. The average molecular weight is 351 g/mol. The molecule has 2 aromatic carbocycles. The second kappa shape index (κ2) is 9.49. The Morgan fingerprint density at radius 1 is 0.957 bits per heavy atom. The lowest BCUT2D eigenvalue weighted by Crippen LogP contribution is -1.93. The molecular formula is C19H20Cl2O2. The summed E-state index contributed by atoms with van der Waals surface area (Å²) in [4.78, 5) is 21.3. The Labute approximate surface area is 147 Å². The van der Waals surface area contributed by atoms with Crippen LogP contribution < -0.4 is 0 Å². The Bertz CT molecular complexity index is 694. The van der Waals surface area contributed by atoms with Crippen molar-refractivity contribution in [3.8, 4) is 0 Å². The van der Waals surface area contributed by atoms with Gasteiger partial charge in [0.05, 0.1) is 0 Å². The molecule has 2 aromatic rings. The summed E-state index contributed by atoms with van der Waals surface area (Å²) < 4.78 is 0. The molecule has 0 aromatic heterocycles. The van der Waals surface area contributed by atoms with Crippen LogP contribution in [0.1, 0.15) is 52.6 Å². The largest absolute Gasteiger partial charge is 0.298 e. The van der Waals surface area contributed by atoms with Gasteiger partial charge in [-0.15, -0.1) is 0 Å². The minimum atomic E-state index is 0.0846. The van der Waals surface area contributed by atoms with Crippen molar-refractivity contribution in [2.24, 2.45) is 0 Å². The Kier molecular flexibility index (Phi) is 8.01. The van der Waals surface area contributed by atoms with Gasteiger partial charge in [0.2, 0.25) is 0 Å². The van der Waals surface area contributed by atoms with Crippen LogP contribution >= 0.6 is 23.2 Å². The van der Waals surface area contributed by atoms with Crippen molar-refractivity contribution < 1.29 is 9.59 Å². The van der Waals surface area contributed by atoms with Crippen molar-refractivity contribution in [2.75, 3.05) is 0 Å². The van der Waals surface area contributed by atoms with Crippen LogP contribution in [0.15, 0.2) is 36.4 Å². The molecule has 122 valence electrons. The van der Waals surface area contributed by atoms with E-state index < -0.39 is 0 Å². The average Bonchev–Trinajstić information content (AvgIpc) is 2.56. The SMILES string of the molecule is CCc1cc(C(C)=O)ccc1Cl.CCc1cc(C=O)ccc1Cl. The third kappa shape index (κ3) is 5.81. The molecule has 0 fully saturated rings. The highest BCUT2D eigenvalue weighted by Gasteiger charge is 2.02. The molecule has 0 atom stereocenters. The molecule has 2 rings (SSSR count). The molecule has 4 heteroatoms. The van der Waals surface area contributed by atoms with E-state index in [-0.39, 0.29) is 5.78 Å². The number of hydrogen-bond donors (Lipinski definition) is 0. The number of aldehydes is 1. The van der Waals surface area contributed by atoms with E-state index in [0.29, 0.717) is 5.56 Å². The highest BCUT2D eigenvalue weighted by Crippen LogP contribution is 2.18. The van der Waals surface area contributed by atoms with Gasteiger partial charge in [-0.05, 0) is 61.2 Å². The molecule has 0 bridgehead atoms. The van der Waals surface area contributed by atoms with E-state index in [1.54, 1.807) is 31.2 Å². The number of carbonyl (C=O) groups excluding carboxylic acids is 2. The van der Waals surface area contributed by atoms with Gasteiger partial charge in [0.15, 0.2) is 5.78 Å². The lowest BCUT2D eigenvalue weighted by Gasteiger charge is -2.02. The van der Waals surface area contributed by atoms with Gasteiger partial charge in [-0.2, -0.15) is 0 Å². The fourth-order valence-corrected chi connectivity index (χ4v) is 2.51. The number of rotatable bonds is 4. The molecule has 0 N–H and O–H groups in total. The summed E-state index contributed by atoms with van der Waals surface area (Å²) in [6.07, 6.45) is 2.55. The van der Waals surface area contributed by atoms with Crippen LogP contribution in [-0.4, -0.2) is 12.1 Å². The molecular weight excluding hydrogens is 331 g/mol. The van der Waals surface area contributed by atoms with E-state index >= 15 is 0 Å². The molecule has 0 spiro atoms. The first kappa shape index (κ1) is 19.4. The third-order valence-electron chi connectivity index (χ3n) is 3.42. The second-order valence-electron chi connectivity index (χ2n) is 5.04. The van der Waals surface area contributed by atoms with Gasteiger partial charge in [-0.1, -0.05) is 43.1 Å². The first-order chi connectivity index (χ1) is 10.9. The van der Waals surface area contributed by atoms with Crippen LogP contribution in [0.25, 0.3) is 0 Å². The smallest absolute Gasteiger partial charge is 0.159 e. The monoisotopic (exact) mass is 350 g/mol. The van der Waals surface area contributed by atoms with Gasteiger partial charge in [0.25, 0.3) is 0 Å². The number of carbonyl (C=O) groups is 2. The lowest BCUT2D eigenvalue weighted by molar-refractivity contribution is 0.101. The normalized spacial score (nSPS) is 9.78. The van der Waals surface area contributed by atoms with Crippen LogP contribution in [0.3, 0.4) is 0 Å². The van der Waals surface area contributed by atoms with Crippen molar-refractivity contribution in [2.45, 2.75) is 33.6 Å². The van der Waals surface area contributed by atoms with E-state index in [1.807, 2.05) is 26.0 Å². The number of halogens is 2. The van der Waals surface area contributed by atoms with Gasteiger partial charge in [0, 0.05) is 21.2 Å².